The number of nitrogens with one attached hydrogen (secondary N) is 2. The van der Waals surface area contributed by atoms with Crippen LogP contribution in [0, 0.1) is 0 Å². The molecule has 0 unspecified atom stereocenters. The van der Waals surface area contributed by atoms with Gasteiger partial charge in [0.2, 0.25) is 0 Å². The largest absolute Gasteiger partial charge is 0.347 e. The quantitative estimate of drug-likeness (QED) is 0.747. The van der Waals surface area contributed by atoms with E-state index in [-0.39, 0.29) is 5.91 Å². The molecule has 2 heterocycles. The van der Waals surface area contributed by atoms with Crippen LogP contribution in [0.2, 0.25) is 0 Å². The first-order valence-electron chi connectivity index (χ1n) is 5.94. The number of pyridine rings is 1. The Hall–Kier alpha value is -2.69. The second-order valence-corrected chi connectivity index (χ2v) is 4.14. The maximum Gasteiger partial charge on any atom is 0.270 e. The summed E-state index contributed by atoms with van der Waals surface area (Å²) in [5.74, 6) is -0.189. The van der Waals surface area contributed by atoms with Crippen molar-refractivity contribution >= 4 is 16.7 Å². The zero-order valence-electron chi connectivity index (χ0n) is 10.1. The Morgan fingerprint density at radius 3 is 3.00 bits per heavy atom. The minimum Gasteiger partial charge on any atom is -0.347 e. The van der Waals surface area contributed by atoms with Gasteiger partial charge in [-0.3, -0.25) is 9.78 Å². The van der Waals surface area contributed by atoms with E-state index in [1.807, 2.05) is 30.3 Å². The van der Waals surface area contributed by atoms with Gasteiger partial charge in [0, 0.05) is 17.8 Å². The number of H-pyrrole nitrogens is 1. The van der Waals surface area contributed by atoms with Crippen molar-refractivity contribution in [3.8, 4) is 0 Å². The van der Waals surface area contributed by atoms with Gasteiger partial charge in [-0.2, -0.15) is 0 Å². The fraction of sp³-hybridized carbons (Fsp3) is 0.0714. The summed E-state index contributed by atoms with van der Waals surface area (Å²) in [4.78, 5) is 23.2. The van der Waals surface area contributed by atoms with Crippen molar-refractivity contribution in [1.29, 1.82) is 0 Å². The summed E-state index contributed by atoms with van der Waals surface area (Å²) in [6.45, 7) is 0.406. The number of amides is 1. The van der Waals surface area contributed by atoms with Crippen LogP contribution in [0.1, 0.15) is 16.2 Å². The zero-order chi connectivity index (χ0) is 13.1. The number of carbonyl (C=O) groups is 1. The molecule has 0 saturated heterocycles. The van der Waals surface area contributed by atoms with Crippen molar-refractivity contribution in [2.24, 2.45) is 0 Å². The van der Waals surface area contributed by atoms with Crippen molar-refractivity contribution in [2.75, 3.05) is 0 Å². The SMILES string of the molecule is O=C(NCc1cnc[nH]1)c1nccc2ccccc12. The Bertz CT molecular complexity index is 701. The van der Waals surface area contributed by atoms with E-state index in [0.29, 0.717) is 12.2 Å². The molecule has 0 bridgehead atoms. The van der Waals surface area contributed by atoms with E-state index in [2.05, 4.69) is 20.3 Å². The fourth-order valence-corrected chi connectivity index (χ4v) is 1.94. The third-order valence-corrected chi connectivity index (χ3v) is 2.88. The molecule has 5 nitrogen and oxygen atoms in total. The average Bonchev–Trinajstić information content (AvgIpc) is 2.97. The van der Waals surface area contributed by atoms with Crippen molar-refractivity contribution in [3.05, 3.63) is 60.4 Å². The molecule has 0 saturated carbocycles. The number of benzene rings is 1. The van der Waals surface area contributed by atoms with Gasteiger partial charge >= 0.3 is 0 Å². The van der Waals surface area contributed by atoms with Crippen molar-refractivity contribution in [2.45, 2.75) is 6.54 Å². The number of aromatic amines is 1. The van der Waals surface area contributed by atoms with E-state index >= 15 is 0 Å². The molecule has 0 aliphatic rings. The van der Waals surface area contributed by atoms with Gasteiger partial charge in [0.25, 0.3) is 5.91 Å². The molecule has 0 aliphatic carbocycles. The second-order valence-electron chi connectivity index (χ2n) is 4.14. The van der Waals surface area contributed by atoms with Gasteiger partial charge in [0.05, 0.1) is 18.6 Å². The highest BCUT2D eigenvalue weighted by Crippen LogP contribution is 2.16. The molecular weight excluding hydrogens is 240 g/mol. The molecule has 1 aromatic carbocycles. The molecule has 94 valence electrons. The molecule has 5 heteroatoms. The molecule has 0 fully saturated rings. The lowest BCUT2D eigenvalue weighted by molar-refractivity contribution is 0.0947. The molecule has 0 aliphatic heterocycles. The van der Waals surface area contributed by atoms with Crippen LogP contribution in [0.4, 0.5) is 0 Å². The molecule has 2 N–H and O–H groups in total. The highest BCUT2D eigenvalue weighted by atomic mass is 16.1. The number of aromatic nitrogens is 3. The van der Waals surface area contributed by atoms with Crippen LogP contribution in [-0.2, 0) is 6.54 Å². The van der Waals surface area contributed by atoms with E-state index in [9.17, 15) is 4.79 Å². The lowest BCUT2D eigenvalue weighted by Crippen LogP contribution is -2.24. The number of nitrogens with zero attached hydrogens (tertiary/aromatic N) is 2. The molecular formula is C14H12N4O. The van der Waals surface area contributed by atoms with Gasteiger partial charge in [0.15, 0.2) is 0 Å². The summed E-state index contributed by atoms with van der Waals surface area (Å²) in [6.07, 6.45) is 4.90. The van der Waals surface area contributed by atoms with E-state index in [0.717, 1.165) is 16.5 Å². The van der Waals surface area contributed by atoms with E-state index in [1.54, 1.807) is 18.7 Å². The first-order valence-corrected chi connectivity index (χ1v) is 5.94. The minimum atomic E-state index is -0.189. The maximum atomic E-state index is 12.1. The van der Waals surface area contributed by atoms with Crippen LogP contribution in [0.25, 0.3) is 10.8 Å². The third kappa shape index (κ3) is 2.30. The van der Waals surface area contributed by atoms with E-state index < -0.39 is 0 Å². The predicted molar refractivity (Wildman–Crippen MR) is 71.5 cm³/mol. The van der Waals surface area contributed by atoms with Gasteiger partial charge in [-0.1, -0.05) is 24.3 Å². The topological polar surface area (TPSA) is 70.7 Å². The molecule has 3 rings (SSSR count). The average molecular weight is 252 g/mol. The minimum absolute atomic E-state index is 0.189. The van der Waals surface area contributed by atoms with E-state index in [4.69, 9.17) is 0 Å². The number of fused-ring (bicyclic) bond motifs is 1. The summed E-state index contributed by atoms with van der Waals surface area (Å²) in [5.41, 5.74) is 1.30. The Labute approximate surface area is 109 Å². The third-order valence-electron chi connectivity index (χ3n) is 2.88. The number of imidazole rings is 1. The lowest BCUT2D eigenvalue weighted by Gasteiger charge is -2.06. The van der Waals surface area contributed by atoms with Crippen LogP contribution >= 0.6 is 0 Å². The summed E-state index contributed by atoms with van der Waals surface area (Å²) in [5, 5.41) is 4.68. The zero-order valence-corrected chi connectivity index (χ0v) is 10.1. The smallest absolute Gasteiger partial charge is 0.270 e. The standard InChI is InChI=1S/C14H12N4O/c19-14(17-8-11-7-15-9-18-11)13-12-4-2-1-3-10(12)5-6-16-13/h1-7,9H,8H2,(H,15,18)(H,17,19). The molecule has 0 atom stereocenters. The number of rotatable bonds is 3. The number of hydrogen-bond donors (Lipinski definition) is 2. The summed E-state index contributed by atoms with van der Waals surface area (Å²) >= 11 is 0. The van der Waals surface area contributed by atoms with Gasteiger partial charge in [-0.25, -0.2) is 4.98 Å². The first kappa shape index (κ1) is 11.4. The van der Waals surface area contributed by atoms with Gasteiger partial charge in [0.1, 0.15) is 5.69 Å². The molecule has 0 radical (unpaired) electrons. The lowest BCUT2D eigenvalue weighted by atomic mass is 10.1. The van der Waals surface area contributed by atoms with Crippen LogP contribution < -0.4 is 5.32 Å². The Morgan fingerprint density at radius 2 is 2.16 bits per heavy atom. The highest BCUT2D eigenvalue weighted by Gasteiger charge is 2.10. The predicted octanol–water partition coefficient (Wildman–Crippen LogP) is 1.89. The van der Waals surface area contributed by atoms with Crippen LogP contribution in [0.15, 0.2) is 49.1 Å². The highest BCUT2D eigenvalue weighted by molar-refractivity contribution is 6.05. The fourth-order valence-electron chi connectivity index (χ4n) is 1.94. The van der Waals surface area contributed by atoms with Gasteiger partial charge in [-0.05, 0) is 11.5 Å². The monoisotopic (exact) mass is 252 g/mol. The molecule has 2 aromatic heterocycles. The Morgan fingerprint density at radius 1 is 1.26 bits per heavy atom. The van der Waals surface area contributed by atoms with Crippen LogP contribution in [0.5, 0.6) is 0 Å². The maximum absolute atomic E-state index is 12.1. The molecule has 3 aromatic rings. The second kappa shape index (κ2) is 4.89. The van der Waals surface area contributed by atoms with Gasteiger partial charge in [-0.15, -0.1) is 0 Å². The summed E-state index contributed by atoms with van der Waals surface area (Å²) < 4.78 is 0. The van der Waals surface area contributed by atoms with E-state index in [1.165, 1.54) is 0 Å². The number of hydrogen-bond acceptors (Lipinski definition) is 3. The van der Waals surface area contributed by atoms with Crippen LogP contribution in [-0.4, -0.2) is 20.9 Å². The Balaban J connectivity index is 1.85. The summed E-state index contributed by atoms with van der Waals surface area (Å²) in [6, 6.07) is 9.58. The normalized spacial score (nSPS) is 10.5. The van der Waals surface area contributed by atoms with Gasteiger partial charge < -0.3 is 10.3 Å². The molecule has 0 spiro atoms. The van der Waals surface area contributed by atoms with Crippen LogP contribution in [0.3, 0.4) is 0 Å². The molecule has 1 amide bonds. The van der Waals surface area contributed by atoms with Crippen molar-refractivity contribution < 1.29 is 4.79 Å². The number of carbonyl (C=O) groups excluding carboxylic acids is 1. The Kier molecular flexibility index (Phi) is 2.94. The first-order chi connectivity index (χ1) is 9.34. The summed E-state index contributed by atoms with van der Waals surface area (Å²) in [7, 11) is 0. The molecule has 19 heavy (non-hydrogen) atoms. The van der Waals surface area contributed by atoms with Crippen molar-refractivity contribution in [1.82, 2.24) is 20.3 Å². The van der Waals surface area contributed by atoms with Crippen molar-refractivity contribution in [3.63, 3.8) is 0 Å².